The summed E-state index contributed by atoms with van der Waals surface area (Å²) in [7, 11) is 0. The quantitative estimate of drug-likeness (QED) is 0.635. The Morgan fingerprint density at radius 2 is 2.22 bits per heavy atom. The van der Waals surface area contributed by atoms with Crippen LogP contribution in [0.4, 0.5) is 4.39 Å². The fraction of sp³-hybridized carbons (Fsp3) is 0.267. The Morgan fingerprint density at radius 3 is 2.83 bits per heavy atom. The van der Waals surface area contributed by atoms with Crippen LogP contribution in [-0.2, 0) is 0 Å². The minimum absolute atomic E-state index is 0.173. The molecule has 0 spiro atoms. The van der Waals surface area contributed by atoms with Crippen LogP contribution in [0.25, 0.3) is 5.57 Å². The van der Waals surface area contributed by atoms with Crippen LogP contribution in [0.15, 0.2) is 47.0 Å². The van der Waals surface area contributed by atoms with E-state index in [-0.39, 0.29) is 5.82 Å². The molecule has 0 bridgehead atoms. The number of allylic oxidation sites excluding steroid dienone is 3. The van der Waals surface area contributed by atoms with Crippen LogP contribution < -0.4 is 5.73 Å². The van der Waals surface area contributed by atoms with Crippen LogP contribution in [0, 0.1) is 0 Å². The minimum Gasteiger partial charge on any atom is -0.381 e. The molecule has 1 fully saturated rings. The van der Waals surface area contributed by atoms with Gasteiger partial charge in [-0.1, -0.05) is 24.3 Å². The highest BCUT2D eigenvalue weighted by Crippen LogP contribution is 2.40. The summed E-state index contributed by atoms with van der Waals surface area (Å²) in [6, 6.07) is 8.23. The molecule has 3 heteroatoms. The Hall–Kier alpha value is -1.90. The van der Waals surface area contributed by atoms with Crippen molar-refractivity contribution in [2.45, 2.75) is 25.7 Å². The summed E-state index contributed by atoms with van der Waals surface area (Å²) in [6.45, 7) is 5.07. The molecule has 0 aromatic heterocycles. The lowest BCUT2D eigenvalue weighted by molar-refractivity contribution is 0.651. The number of hydrogen-bond donors (Lipinski definition) is 1. The smallest absolute Gasteiger partial charge is 0.165 e. The molecule has 0 aliphatic heterocycles. The van der Waals surface area contributed by atoms with Crippen molar-refractivity contribution in [1.82, 2.24) is 0 Å². The van der Waals surface area contributed by atoms with E-state index in [0.717, 1.165) is 11.1 Å². The van der Waals surface area contributed by atoms with Gasteiger partial charge in [-0.15, -0.1) is 0 Å². The molecular formula is C15H17FN2. The van der Waals surface area contributed by atoms with Gasteiger partial charge in [0.25, 0.3) is 0 Å². The van der Waals surface area contributed by atoms with Gasteiger partial charge in [0.15, 0.2) is 11.6 Å². The second-order valence-electron chi connectivity index (χ2n) is 4.62. The van der Waals surface area contributed by atoms with Crippen molar-refractivity contribution in [3.05, 3.63) is 53.1 Å². The zero-order valence-electron chi connectivity index (χ0n) is 10.5. The van der Waals surface area contributed by atoms with Crippen LogP contribution in [0.3, 0.4) is 0 Å². The molecule has 0 unspecified atom stereocenters. The van der Waals surface area contributed by atoms with Crippen molar-refractivity contribution in [3.63, 3.8) is 0 Å². The average molecular weight is 244 g/mol. The van der Waals surface area contributed by atoms with Crippen molar-refractivity contribution in [3.8, 4) is 0 Å². The Morgan fingerprint density at radius 1 is 1.50 bits per heavy atom. The van der Waals surface area contributed by atoms with Gasteiger partial charge in [-0.2, -0.15) is 0 Å². The highest BCUT2D eigenvalue weighted by atomic mass is 19.1. The van der Waals surface area contributed by atoms with Crippen molar-refractivity contribution < 1.29 is 4.39 Å². The van der Waals surface area contributed by atoms with Gasteiger partial charge in [0.1, 0.15) is 0 Å². The van der Waals surface area contributed by atoms with Gasteiger partial charge in [0.05, 0.1) is 0 Å². The first-order valence-electron chi connectivity index (χ1n) is 6.02. The highest BCUT2D eigenvalue weighted by Gasteiger charge is 2.23. The molecule has 1 saturated carbocycles. The van der Waals surface area contributed by atoms with Crippen molar-refractivity contribution in [1.29, 1.82) is 0 Å². The number of rotatable bonds is 4. The average Bonchev–Trinajstić information content (AvgIpc) is 3.22. The lowest BCUT2D eigenvalue weighted by atomic mass is 10.0. The summed E-state index contributed by atoms with van der Waals surface area (Å²) in [5.74, 6) is -0.0231. The number of hydrogen-bond acceptors (Lipinski definition) is 2. The second kappa shape index (κ2) is 5.17. The van der Waals surface area contributed by atoms with Crippen molar-refractivity contribution in [2.24, 2.45) is 10.7 Å². The molecule has 0 atom stereocenters. The minimum atomic E-state index is -0.542. The standard InChI is InChI=1S/C15H17FN2/c1-10(8-14(16)15(17)18-2)12-4-3-5-13(9-12)11-6-7-11/h3-5,8-9,11H,2,6-7,17H2,1H3/b10-8+,15-14+. The molecule has 1 aromatic rings. The predicted octanol–water partition coefficient (Wildman–Crippen LogP) is 3.77. The summed E-state index contributed by atoms with van der Waals surface area (Å²) >= 11 is 0. The predicted molar refractivity (Wildman–Crippen MR) is 73.9 cm³/mol. The van der Waals surface area contributed by atoms with E-state index in [9.17, 15) is 4.39 Å². The third-order valence-electron chi connectivity index (χ3n) is 3.15. The third kappa shape index (κ3) is 2.86. The molecule has 18 heavy (non-hydrogen) atoms. The van der Waals surface area contributed by atoms with Gasteiger partial charge in [-0.05, 0) is 55.2 Å². The van der Waals surface area contributed by atoms with E-state index in [1.807, 2.05) is 19.1 Å². The Kier molecular flexibility index (Phi) is 3.60. The molecule has 1 aromatic carbocycles. The van der Waals surface area contributed by atoms with Crippen molar-refractivity contribution in [2.75, 3.05) is 0 Å². The fourth-order valence-electron chi connectivity index (χ4n) is 1.88. The van der Waals surface area contributed by atoms with E-state index < -0.39 is 5.83 Å². The molecule has 0 amide bonds. The van der Waals surface area contributed by atoms with Crippen LogP contribution in [0.1, 0.15) is 36.8 Å². The first-order valence-corrected chi connectivity index (χ1v) is 6.02. The first-order chi connectivity index (χ1) is 8.61. The van der Waals surface area contributed by atoms with Crippen LogP contribution in [-0.4, -0.2) is 6.72 Å². The van der Waals surface area contributed by atoms with Gasteiger partial charge in [0.2, 0.25) is 0 Å². The molecule has 2 nitrogen and oxygen atoms in total. The maximum absolute atomic E-state index is 13.5. The summed E-state index contributed by atoms with van der Waals surface area (Å²) in [4.78, 5) is 3.38. The monoisotopic (exact) mass is 244 g/mol. The summed E-state index contributed by atoms with van der Waals surface area (Å²) in [6.07, 6.45) is 3.91. The van der Waals surface area contributed by atoms with Crippen LogP contribution in [0.5, 0.6) is 0 Å². The molecule has 0 saturated heterocycles. The number of nitrogens with two attached hydrogens (primary N) is 1. The number of halogens is 1. The van der Waals surface area contributed by atoms with E-state index in [2.05, 4.69) is 23.8 Å². The molecule has 0 heterocycles. The Labute approximate surface area is 107 Å². The lowest BCUT2D eigenvalue weighted by Gasteiger charge is -2.05. The fourth-order valence-corrected chi connectivity index (χ4v) is 1.88. The van der Waals surface area contributed by atoms with Gasteiger partial charge in [-0.25, -0.2) is 9.38 Å². The van der Waals surface area contributed by atoms with E-state index in [0.29, 0.717) is 5.92 Å². The molecule has 1 aliphatic rings. The van der Waals surface area contributed by atoms with Crippen LogP contribution >= 0.6 is 0 Å². The summed E-state index contributed by atoms with van der Waals surface area (Å²) < 4.78 is 13.5. The molecule has 2 rings (SSSR count). The highest BCUT2D eigenvalue weighted by molar-refractivity contribution is 5.66. The molecule has 2 N–H and O–H groups in total. The molecule has 94 valence electrons. The van der Waals surface area contributed by atoms with E-state index in [1.165, 1.54) is 24.5 Å². The van der Waals surface area contributed by atoms with Gasteiger partial charge in [-0.3, -0.25) is 0 Å². The number of benzene rings is 1. The summed E-state index contributed by atoms with van der Waals surface area (Å²) in [5.41, 5.74) is 8.55. The Bertz CT molecular complexity index is 525. The van der Waals surface area contributed by atoms with E-state index >= 15 is 0 Å². The van der Waals surface area contributed by atoms with Crippen molar-refractivity contribution >= 4 is 12.3 Å². The van der Waals surface area contributed by atoms with Gasteiger partial charge < -0.3 is 5.73 Å². The largest absolute Gasteiger partial charge is 0.381 e. The second-order valence-corrected chi connectivity index (χ2v) is 4.62. The molecule has 1 aliphatic carbocycles. The third-order valence-corrected chi connectivity index (χ3v) is 3.15. The SMILES string of the molecule is C=N/C(N)=C(F)\C=C(/C)c1cccc(C2CC2)c1. The van der Waals surface area contributed by atoms with E-state index in [1.54, 1.807) is 0 Å². The topological polar surface area (TPSA) is 38.4 Å². The number of aliphatic imine (C=N–C) groups is 1. The summed E-state index contributed by atoms with van der Waals surface area (Å²) in [5, 5.41) is 0. The lowest BCUT2D eigenvalue weighted by Crippen LogP contribution is -1.95. The zero-order valence-corrected chi connectivity index (χ0v) is 10.5. The molecule has 0 radical (unpaired) electrons. The van der Waals surface area contributed by atoms with Gasteiger partial charge >= 0.3 is 0 Å². The van der Waals surface area contributed by atoms with Crippen LogP contribution in [0.2, 0.25) is 0 Å². The zero-order chi connectivity index (χ0) is 13.1. The van der Waals surface area contributed by atoms with Gasteiger partial charge in [0, 0.05) is 0 Å². The maximum Gasteiger partial charge on any atom is 0.165 e. The Balaban J connectivity index is 2.27. The maximum atomic E-state index is 13.5. The normalized spacial score (nSPS) is 17.3. The van der Waals surface area contributed by atoms with E-state index in [4.69, 9.17) is 5.73 Å². The number of nitrogens with zero attached hydrogens (tertiary/aromatic N) is 1. The molecular weight excluding hydrogens is 227 g/mol. The first kappa shape index (κ1) is 12.6.